The quantitative estimate of drug-likeness (QED) is 0.725. The van der Waals surface area contributed by atoms with Gasteiger partial charge in [-0.15, -0.1) is 0 Å². The fourth-order valence-corrected chi connectivity index (χ4v) is 2.37. The number of nitrogen functional groups attached to an aromatic ring is 1. The van der Waals surface area contributed by atoms with Gasteiger partial charge in [-0.1, -0.05) is 0 Å². The lowest BCUT2D eigenvalue weighted by molar-refractivity contribution is 0.0698. The van der Waals surface area contributed by atoms with E-state index in [1.807, 2.05) is 13.0 Å². The fourth-order valence-electron chi connectivity index (χ4n) is 2.37. The van der Waals surface area contributed by atoms with Gasteiger partial charge >= 0.3 is 5.97 Å². The van der Waals surface area contributed by atoms with Crippen molar-refractivity contribution >= 4 is 17.3 Å². The highest BCUT2D eigenvalue weighted by Gasteiger charge is 2.23. The Bertz CT molecular complexity index is 488. The molecule has 1 aliphatic heterocycles. The minimum Gasteiger partial charge on any atom is -0.478 e. The summed E-state index contributed by atoms with van der Waals surface area (Å²) in [4.78, 5) is 11.1. The van der Waals surface area contributed by atoms with E-state index in [0.717, 1.165) is 30.8 Å². The summed E-state index contributed by atoms with van der Waals surface area (Å²) < 4.78 is 5.50. The molecule has 0 spiro atoms. The predicted octanol–water partition coefficient (Wildman–Crippen LogP) is 2.11. The maximum Gasteiger partial charge on any atom is 0.337 e. The number of aryl methyl sites for hydroxylation is 1. The molecule has 5 heteroatoms. The lowest BCUT2D eigenvalue weighted by atomic mass is 10.0. The van der Waals surface area contributed by atoms with Crippen LogP contribution in [0.3, 0.4) is 0 Å². The van der Waals surface area contributed by atoms with Gasteiger partial charge in [0.15, 0.2) is 0 Å². The molecule has 1 fully saturated rings. The van der Waals surface area contributed by atoms with E-state index in [1.165, 1.54) is 0 Å². The number of carboxylic acids is 1. The number of benzene rings is 1. The van der Waals surface area contributed by atoms with E-state index in [2.05, 4.69) is 12.2 Å². The molecule has 0 aromatic heterocycles. The first-order chi connectivity index (χ1) is 8.99. The van der Waals surface area contributed by atoms with Crippen molar-refractivity contribution in [1.29, 1.82) is 0 Å². The third kappa shape index (κ3) is 2.98. The SMILES string of the molecule is Cc1cc(NCC2CCOC2C)cc(C(=O)O)c1N. The molecule has 2 atom stereocenters. The van der Waals surface area contributed by atoms with Gasteiger partial charge in [-0.3, -0.25) is 0 Å². The summed E-state index contributed by atoms with van der Waals surface area (Å²) in [5.41, 5.74) is 7.82. The summed E-state index contributed by atoms with van der Waals surface area (Å²) in [5, 5.41) is 12.4. The lowest BCUT2D eigenvalue weighted by Gasteiger charge is -2.17. The van der Waals surface area contributed by atoms with Gasteiger partial charge in [0.1, 0.15) is 0 Å². The van der Waals surface area contributed by atoms with Crippen LogP contribution in [0.2, 0.25) is 0 Å². The van der Waals surface area contributed by atoms with Gasteiger partial charge in [-0.05, 0) is 38.0 Å². The van der Waals surface area contributed by atoms with Crippen molar-refractivity contribution < 1.29 is 14.6 Å². The molecule has 0 aliphatic carbocycles. The average molecular weight is 264 g/mol. The van der Waals surface area contributed by atoms with Crippen LogP contribution in [0.1, 0.15) is 29.3 Å². The number of rotatable bonds is 4. The van der Waals surface area contributed by atoms with Gasteiger partial charge in [0.05, 0.1) is 11.7 Å². The first-order valence-electron chi connectivity index (χ1n) is 6.48. The zero-order valence-electron chi connectivity index (χ0n) is 11.3. The zero-order valence-corrected chi connectivity index (χ0v) is 11.3. The molecule has 0 saturated carbocycles. The molecule has 4 N–H and O–H groups in total. The van der Waals surface area contributed by atoms with Crippen molar-refractivity contribution in [3.8, 4) is 0 Å². The largest absolute Gasteiger partial charge is 0.478 e. The Kier molecular flexibility index (Phi) is 3.95. The Labute approximate surface area is 112 Å². The van der Waals surface area contributed by atoms with Gasteiger partial charge in [0.2, 0.25) is 0 Å². The van der Waals surface area contributed by atoms with Crippen molar-refractivity contribution in [1.82, 2.24) is 0 Å². The van der Waals surface area contributed by atoms with Crippen LogP contribution in [0.15, 0.2) is 12.1 Å². The van der Waals surface area contributed by atoms with Crippen LogP contribution in [-0.2, 0) is 4.74 Å². The summed E-state index contributed by atoms with van der Waals surface area (Å²) in [6.45, 7) is 5.46. The Balaban J connectivity index is 2.10. The molecule has 2 rings (SSSR count). The highest BCUT2D eigenvalue weighted by Crippen LogP contribution is 2.25. The molecule has 0 amide bonds. The van der Waals surface area contributed by atoms with E-state index in [0.29, 0.717) is 11.6 Å². The number of carbonyl (C=O) groups is 1. The van der Waals surface area contributed by atoms with Crippen LogP contribution in [-0.4, -0.2) is 30.3 Å². The third-order valence-corrected chi connectivity index (χ3v) is 3.72. The Morgan fingerprint density at radius 3 is 2.89 bits per heavy atom. The highest BCUT2D eigenvalue weighted by molar-refractivity contribution is 5.95. The van der Waals surface area contributed by atoms with Gasteiger partial charge in [0.25, 0.3) is 0 Å². The third-order valence-electron chi connectivity index (χ3n) is 3.72. The summed E-state index contributed by atoms with van der Waals surface area (Å²) >= 11 is 0. The van der Waals surface area contributed by atoms with Crippen molar-refractivity contribution in [2.75, 3.05) is 24.2 Å². The van der Waals surface area contributed by atoms with Crippen molar-refractivity contribution in [3.05, 3.63) is 23.3 Å². The van der Waals surface area contributed by atoms with E-state index in [4.69, 9.17) is 15.6 Å². The second kappa shape index (κ2) is 5.48. The second-order valence-corrected chi connectivity index (χ2v) is 5.07. The van der Waals surface area contributed by atoms with Gasteiger partial charge in [-0.25, -0.2) is 4.79 Å². The molecule has 1 aromatic carbocycles. The molecule has 0 radical (unpaired) electrons. The number of hydrogen-bond acceptors (Lipinski definition) is 4. The summed E-state index contributed by atoms with van der Waals surface area (Å²) in [6.07, 6.45) is 1.29. The maximum atomic E-state index is 11.1. The van der Waals surface area contributed by atoms with Crippen LogP contribution in [0.25, 0.3) is 0 Å². The highest BCUT2D eigenvalue weighted by atomic mass is 16.5. The van der Waals surface area contributed by atoms with E-state index in [-0.39, 0.29) is 11.7 Å². The summed E-state index contributed by atoms with van der Waals surface area (Å²) in [7, 11) is 0. The first kappa shape index (κ1) is 13.7. The van der Waals surface area contributed by atoms with Gasteiger partial charge < -0.3 is 20.9 Å². The van der Waals surface area contributed by atoms with Crippen LogP contribution in [0.5, 0.6) is 0 Å². The van der Waals surface area contributed by atoms with Gasteiger partial charge in [0, 0.05) is 30.4 Å². The number of nitrogens with one attached hydrogen (secondary N) is 1. The molecule has 1 saturated heterocycles. The van der Waals surface area contributed by atoms with E-state index >= 15 is 0 Å². The topological polar surface area (TPSA) is 84.6 Å². The van der Waals surface area contributed by atoms with Crippen LogP contribution in [0.4, 0.5) is 11.4 Å². The monoisotopic (exact) mass is 264 g/mol. The number of carboxylic acid groups (broad SMARTS) is 1. The number of nitrogens with two attached hydrogens (primary N) is 1. The normalized spacial score (nSPS) is 22.4. The molecule has 1 aromatic rings. The van der Waals surface area contributed by atoms with Crippen LogP contribution in [0, 0.1) is 12.8 Å². The Morgan fingerprint density at radius 2 is 2.32 bits per heavy atom. The Morgan fingerprint density at radius 1 is 1.58 bits per heavy atom. The lowest BCUT2D eigenvalue weighted by Crippen LogP contribution is -2.21. The number of aromatic carboxylic acids is 1. The first-order valence-corrected chi connectivity index (χ1v) is 6.48. The smallest absolute Gasteiger partial charge is 0.337 e. The van der Waals surface area contributed by atoms with E-state index in [1.54, 1.807) is 6.07 Å². The minimum atomic E-state index is -0.998. The molecule has 1 aliphatic rings. The summed E-state index contributed by atoms with van der Waals surface area (Å²) in [5.74, 6) is -0.534. The standard InChI is InChI=1S/C14H20N2O3/c1-8-5-11(6-12(13(8)15)14(17)18)16-7-10-3-4-19-9(10)2/h5-6,9-10,16H,3-4,7,15H2,1-2H3,(H,17,18). The zero-order chi connectivity index (χ0) is 14.0. The summed E-state index contributed by atoms with van der Waals surface area (Å²) in [6, 6.07) is 3.47. The molecular formula is C14H20N2O3. The Hall–Kier alpha value is -1.75. The van der Waals surface area contributed by atoms with Crippen molar-refractivity contribution in [2.45, 2.75) is 26.4 Å². The van der Waals surface area contributed by atoms with Crippen molar-refractivity contribution in [3.63, 3.8) is 0 Å². The molecule has 104 valence electrons. The minimum absolute atomic E-state index is 0.151. The average Bonchev–Trinajstić information content (AvgIpc) is 2.76. The molecule has 1 heterocycles. The van der Waals surface area contributed by atoms with E-state index < -0.39 is 5.97 Å². The molecule has 19 heavy (non-hydrogen) atoms. The predicted molar refractivity (Wildman–Crippen MR) is 74.6 cm³/mol. The van der Waals surface area contributed by atoms with Gasteiger partial charge in [-0.2, -0.15) is 0 Å². The van der Waals surface area contributed by atoms with Crippen LogP contribution >= 0.6 is 0 Å². The van der Waals surface area contributed by atoms with E-state index in [9.17, 15) is 4.79 Å². The molecule has 0 bridgehead atoms. The van der Waals surface area contributed by atoms with Crippen LogP contribution < -0.4 is 11.1 Å². The maximum absolute atomic E-state index is 11.1. The molecule has 5 nitrogen and oxygen atoms in total. The van der Waals surface area contributed by atoms with Crippen molar-refractivity contribution in [2.24, 2.45) is 5.92 Å². The number of hydrogen-bond donors (Lipinski definition) is 3. The number of anilines is 2. The second-order valence-electron chi connectivity index (χ2n) is 5.07. The fraction of sp³-hybridized carbons (Fsp3) is 0.500. The molecular weight excluding hydrogens is 244 g/mol. The molecule has 2 unspecified atom stereocenters. The number of ether oxygens (including phenoxy) is 1.